The van der Waals surface area contributed by atoms with Crippen LogP contribution in [0.2, 0.25) is 0 Å². The molecule has 2 aromatic rings. The molecule has 18 heavy (non-hydrogen) atoms. The molecule has 0 spiro atoms. The lowest BCUT2D eigenvalue weighted by Gasteiger charge is -2.04. The van der Waals surface area contributed by atoms with Crippen LogP contribution in [0.15, 0.2) is 29.2 Å². The average molecular weight is 285 g/mol. The van der Waals surface area contributed by atoms with Crippen molar-refractivity contribution >= 4 is 19.7 Å². The Kier molecular flexibility index (Phi) is 3.21. The van der Waals surface area contributed by atoms with Gasteiger partial charge in [-0.05, 0) is 32.9 Å². The summed E-state index contributed by atoms with van der Waals surface area (Å²) in [6.07, 6.45) is 0. The third kappa shape index (κ3) is 2.28. The first-order chi connectivity index (χ1) is 8.30. The second kappa shape index (κ2) is 4.40. The lowest BCUT2D eigenvalue weighted by molar-refractivity contribution is 0.608. The standard InChI is InChI=1S/C12H13ClN2O2S/c1-8-4-6-11(7-5-8)15-10(3)12(9(2)14-15)18(13,16)17/h4-7H,1-3H3. The van der Waals surface area contributed by atoms with E-state index < -0.39 is 9.05 Å². The Hall–Kier alpha value is -1.33. The number of rotatable bonds is 2. The van der Waals surface area contributed by atoms with Crippen LogP contribution in [0.3, 0.4) is 0 Å². The zero-order valence-corrected chi connectivity index (χ0v) is 11.9. The third-order valence-electron chi connectivity index (χ3n) is 2.75. The van der Waals surface area contributed by atoms with Crippen LogP contribution in [0.4, 0.5) is 0 Å². The molecule has 0 atom stereocenters. The SMILES string of the molecule is Cc1ccc(-n2nc(C)c(S(=O)(=O)Cl)c2C)cc1. The molecule has 0 saturated carbocycles. The molecule has 0 N–H and O–H groups in total. The zero-order valence-electron chi connectivity index (χ0n) is 10.3. The van der Waals surface area contributed by atoms with Gasteiger partial charge in [0.2, 0.25) is 0 Å². The highest BCUT2D eigenvalue weighted by atomic mass is 35.7. The summed E-state index contributed by atoms with van der Waals surface area (Å²) in [5.41, 5.74) is 2.87. The highest BCUT2D eigenvalue weighted by molar-refractivity contribution is 8.13. The Bertz CT molecular complexity index is 688. The van der Waals surface area contributed by atoms with Gasteiger partial charge in [-0.15, -0.1) is 0 Å². The normalized spacial score (nSPS) is 11.8. The summed E-state index contributed by atoms with van der Waals surface area (Å²) >= 11 is 0. The predicted molar refractivity (Wildman–Crippen MR) is 70.8 cm³/mol. The Morgan fingerprint density at radius 3 is 2.11 bits per heavy atom. The number of aromatic nitrogens is 2. The maximum absolute atomic E-state index is 11.5. The summed E-state index contributed by atoms with van der Waals surface area (Å²) in [6.45, 7) is 5.31. The van der Waals surface area contributed by atoms with E-state index in [1.165, 1.54) is 0 Å². The Morgan fingerprint density at radius 1 is 1.11 bits per heavy atom. The average Bonchev–Trinajstić information content (AvgIpc) is 2.54. The van der Waals surface area contributed by atoms with Gasteiger partial charge in [0, 0.05) is 10.7 Å². The van der Waals surface area contributed by atoms with E-state index in [1.807, 2.05) is 31.2 Å². The second-order valence-electron chi connectivity index (χ2n) is 4.19. The van der Waals surface area contributed by atoms with Crippen molar-refractivity contribution in [2.24, 2.45) is 0 Å². The molecule has 0 aliphatic rings. The molecule has 1 aromatic heterocycles. The fourth-order valence-corrected chi connectivity index (χ4v) is 3.42. The fraction of sp³-hybridized carbons (Fsp3) is 0.250. The van der Waals surface area contributed by atoms with Crippen LogP contribution in [-0.2, 0) is 9.05 Å². The lowest BCUT2D eigenvalue weighted by Crippen LogP contribution is -2.00. The van der Waals surface area contributed by atoms with Crippen molar-refractivity contribution in [1.29, 1.82) is 0 Å². The van der Waals surface area contributed by atoms with Gasteiger partial charge >= 0.3 is 0 Å². The Morgan fingerprint density at radius 2 is 1.67 bits per heavy atom. The highest BCUT2D eigenvalue weighted by Gasteiger charge is 2.22. The van der Waals surface area contributed by atoms with E-state index in [0.717, 1.165) is 11.3 Å². The smallest absolute Gasteiger partial charge is 0.236 e. The van der Waals surface area contributed by atoms with Crippen LogP contribution in [-0.4, -0.2) is 18.2 Å². The summed E-state index contributed by atoms with van der Waals surface area (Å²) in [6, 6.07) is 7.67. The molecular formula is C12H13ClN2O2S. The minimum atomic E-state index is -3.77. The van der Waals surface area contributed by atoms with Gasteiger partial charge in [-0.3, -0.25) is 0 Å². The number of hydrogen-bond donors (Lipinski definition) is 0. The van der Waals surface area contributed by atoms with Crippen molar-refractivity contribution in [2.75, 3.05) is 0 Å². The molecule has 96 valence electrons. The minimum absolute atomic E-state index is 0.0877. The number of halogens is 1. The Labute approximate surface area is 111 Å². The first kappa shape index (κ1) is 13.1. The van der Waals surface area contributed by atoms with Crippen LogP contribution in [0, 0.1) is 20.8 Å². The van der Waals surface area contributed by atoms with E-state index in [-0.39, 0.29) is 4.90 Å². The number of nitrogens with zero attached hydrogens (tertiary/aromatic N) is 2. The van der Waals surface area contributed by atoms with Gasteiger partial charge in [0.15, 0.2) is 0 Å². The first-order valence-corrected chi connectivity index (χ1v) is 7.69. The summed E-state index contributed by atoms with van der Waals surface area (Å²) in [7, 11) is 1.64. The van der Waals surface area contributed by atoms with Gasteiger partial charge in [-0.2, -0.15) is 5.10 Å². The summed E-state index contributed by atoms with van der Waals surface area (Å²) in [5, 5.41) is 4.23. The lowest BCUT2D eigenvalue weighted by atomic mass is 10.2. The van der Waals surface area contributed by atoms with Gasteiger partial charge in [0.1, 0.15) is 4.90 Å². The summed E-state index contributed by atoms with van der Waals surface area (Å²) in [4.78, 5) is 0.0877. The van der Waals surface area contributed by atoms with Crippen molar-refractivity contribution in [1.82, 2.24) is 9.78 Å². The molecule has 0 aliphatic heterocycles. The quantitative estimate of drug-likeness (QED) is 0.797. The van der Waals surface area contributed by atoms with E-state index in [1.54, 1.807) is 18.5 Å². The van der Waals surface area contributed by atoms with E-state index in [0.29, 0.717) is 11.4 Å². The molecule has 2 rings (SSSR count). The summed E-state index contributed by atoms with van der Waals surface area (Å²) < 4.78 is 24.6. The molecule has 1 heterocycles. The van der Waals surface area contributed by atoms with Gasteiger partial charge in [-0.25, -0.2) is 13.1 Å². The molecule has 4 nitrogen and oxygen atoms in total. The van der Waals surface area contributed by atoms with E-state index in [9.17, 15) is 8.42 Å². The molecular weight excluding hydrogens is 272 g/mol. The molecule has 0 radical (unpaired) electrons. The van der Waals surface area contributed by atoms with Crippen LogP contribution in [0.5, 0.6) is 0 Å². The maximum atomic E-state index is 11.5. The molecule has 0 saturated heterocycles. The monoisotopic (exact) mass is 284 g/mol. The molecule has 6 heteroatoms. The van der Waals surface area contributed by atoms with Crippen LogP contribution in [0.25, 0.3) is 5.69 Å². The largest absolute Gasteiger partial charge is 0.264 e. The van der Waals surface area contributed by atoms with Gasteiger partial charge in [0.05, 0.1) is 17.1 Å². The Balaban J connectivity index is 2.65. The van der Waals surface area contributed by atoms with Crippen molar-refractivity contribution in [3.63, 3.8) is 0 Å². The van der Waals surface area contributed by atoms with Crippen molar-refractivity contribution in [3.8, 4) is 5.69 Å². The van der Waals surface area contributed by atoms with Crippen molar-refractivity contribution in [3.05, 3.63) is 41.2 Å². The fourth-order valence-electron chi connectivity index (χ4n) is 1.92. The highest BCUT2D eigenvalue weighted by Crippen LogP contribution is 2.25. The number of benzene rings is 1. The van der Waals surface area contributed by atoms with E-state index in [4.69, 9.17) is 10.7 Å². The van der Waals surface area contributed by atoms with E-state index >= 15 is 0 Å². The molecule has 0 bridgehead atoms. The zero-order chi connectivity index (χ0) is 13.5. The third-order valence-corrected chi connectivity index (χ3v) is 4.29. The van der Waals surface area contributed by atoms with Crippen LogP contribution >= 0.6 is 10.7 Å². The maximum Gasteiger partial charge on any atom is 0.264 e. The molecule has 0 fully saturated rings. The van der Waals surface area contributed by atoms with Crippen molar-refractivity contribution < 1.29 is 8.42 Å². The van der Waals surface area contributed by atoms with Crippen molar-refractivity contribution in [2.45, 2.75) is 25.7 Å². The number of aryl methyl sites for hydroxylation is 2. The van der Waals surface area contributed by atoms with Crippen LogP contribution in [0.1, 0.15) is 17.0 Å². The second-order valence-corrected chi connectivity index (χ2v) is 6.69. The van der Waals surface area contributed by atoms with Gasteiger partial charge in [-0.1, -0.05) is 17.7 Å². The molecule has 1 aromatic carbocycles. The van der Waals surface area contributed by atoms with Crippen LogP contribution < -0.4 is 0 Å². The van der Waals surface area contributed by atoms with E-state index in [2.05, 4.69) is 5.10 Å². The minimum Gasteiger partial charge on any atom is -0.236 e. The first-order valence-electron chi connectivity index (χ1n) is 5.38. The topological polar surface area (TPSA) is 52.0 Å². The number of hydrogen-bond acceptors (Lipinski definition) is 3. The molecule has 0 amide bonds. The predicted octanol–water partition coefficient (Wildman–Crippen LogP) is 2.73. The molecule has 0 unspecified atom stereocenters. The molecule has 0 aliphatic carbocycles. The van der Waals surface area contributed by atoms with Gasteiger partial charge in [0.25, 0.3) is 9.05 Å². The summed E-state index contributed by atoms with van der Waals surface area (Å²) in [5.74, 6) is 0. The van der Waals surface area contributed by atoms with Gasteiger partial charge < -0.3 is 0 Å².